The molecule has 21 heavy (non-hydrogen) atoms. The Labute approximate surface area is 128 Å². The Kier molecular flexibility index (Phi) is 5.09. The Balaban J connectivity index is 1.55. The Morgan fingerprint density at radius 3 is 2.95 bits per heavy atom. The average molecular weight is 288 g/mol. The molecule has 3 heterocycles. The van der Waals surface area contributed by atoms with Crippen molar-refractivity contribution in [1.29, 1.82) is 0 Å². The minimum atomic E-state index is 0.797. The topological polar surface area (TPSA) is 31.4 Å². The second-order valence-electron chi connectivity index (χ2n) is 6.40. The number of nitrogens with one attached hydrogen (secondary N) is 1. The quantitative estimate of drug-likeness (QED) is 0.902. The van der Waals surface area contributed by atoms with Crippen LogP contribution in [-0.4, -0.2) is 53.5 Å². The summed E-state index contributed by atoms with van der Waals surface area (Å²) >= 11 is 0. The maximum absolute atomic E-state index is 4.52. The van der Waals surface area contributed by atoms with Crippen LogP contribution in [-0.2, 0) is 6.54 Å². The lowest BCUT2D eigenvalue weighted by atomic mass is 10.2. The molecule has 2 saturated heterocycles. The summed E-state index contributed by atoms with van der Waals surface area (Å²) in [6.45, 7) is 9.28. The van der Waals surface area contributed by atoms with Gasteiger partial charge in [-0.2, -0.15) is 0 Å². The van der Waals surface area contributed by atoms with Gasteiger partial charge in [0.2, 0.25) is 0 Å². The van der Waals surface area contributed by atoms with E-state index in [1.807, 2.05) is 6.20 Å². The Morgan fingerprint density at radius 1 is 1.24 bits per heavy atom. The largest absolute Gasteiger partial charge is 0.370 e. The van der Waals surface area contributed by atoms with Crippen molar-refractivity contribution in [1.82, 2.24) is 14.8 Å². The van der Waals surface area contributed by atoms with E-state index in [0.29, 0.717) is 0 Å². The maximum Gasteiger partial charge on any atom is 0.125 e. The average Bonchev–Trinajstić information content (AvgIpc) is 2.85. The molecule has 0 bridgehead atoms. The van der Waals surface area contributed by atoms with Crippen LogP contribution in [0.15, 0.2) is 18.3 Å². The van der Waals surface area contributed by atoms with Crippen LogP contribution in [0.3, 0.4) is 0 Å². The van der Waals surface area contributed by atoms with Crippen molar-refractivity contribution in [2.24, 2.45) is 0 Å². The van der Waals surface area contributed by atoms with E-state index in [0.717, 1.165) is 31.4 Å². The van der Waals surface area contributed by atoms with E-state index in [2.05, 4.69) is 39.2 Å². The minimum absolute atomic E-state index is 0.797. The number of hydrogen-bond acceptors (Lipinski definition) is 4. The first-order chi connectivity index (χ1) is 10.3. The molecule has 2 aliphatic heterocycles. The first kappa shape index (κ1) is 14.8. The number of anilines is 1. The fourth-order valence-corrected chi connectivity index (χ4v) is 3.56. The van der Waals surface area contributed by atoms with Gasteiger partial charge in [0.05, 0.1) is 0 Å². The summed E-state index contributed by atoms with van der Waals surface area (Å²) < 4.78 is 0. The first-order valence-corrected chi connectivity index (χ1v) is 8.50. The first-order valence-electron chi connectivity index (χ1n) is 8.50. The number of fused-ring (bicyclic) bond motifs is 1. The van der Waals surface area contributed by atoms with E-state index in [4.69, 9.17) is 0 Å². The molecule has 0 saturated carbocycles. The van der Waals surface area contributed by atoms with Crippen LogP contribution in [0.5, 0.6) is 0 Å². The summed E-state index contributed by atoms with van der Waals surface area (Å²) in [4.78, 5) is 9.83. The molecule has 0 spiro atoms. The highest BCUT2D eigenvalue weighted by Crippen LogP contribution is 2.22. The van der Waals surface area contributed by atoms with Crippen LogP contribution in [0, 0.1) is 0 Å². The van der Waals surface area contributed by atoms with E-state index in [9.17, 15) is 0 Å². The van der Waals surface area contributed by atoms with E-state index < -0.39 is 0 Å². The zero-order chi connectivity index (χ0) is 14.5. The molecule has 0 aliphatic carbocycles. The SMILES string of the molecule is CCCNc1ccc(CN2CCCN3CCCC3C2)cn1. The Morgan fingerprint density at radius 2 is 2.14 bits per heavy atom. The molecule has 1 unspecified atom stereocenters. The van der Waals surface area contributed by atoms with Crippen LogP contribution in [0.4, 0.5) is 5.82 Å². The molecule has 2 fully saturated rings. The zero-order valence-corrected chi connectivity index (χ0v) is 13.2. The van der Waals surface area contributed by atoms with Gasteiger partial charge in [-0.15, -0.1) is 0 Å². The van der Waals surface area contributed by atoms with Gasteiger partial charge in [0.1, 0.15) is 5.82 Å². The van der Waals surface area contributed by atoms with Gasteiger partial charge >= 0.3 is 0 Å². The van der Waals surface area contributed by atoms with E-state index >= 15 is 0 Å². The molecule has 4 nitrogen and oxygen atoms in total. The molecule has 1 aromatic heterocycles. The van der Waals surface area contributed by atoms with Gasteiger partial charge < -0.3 is 5.32 Å². The Hall–Kier alpha value is -1.13. The number of rotatable bonds is 5. The van der Waals surface area contributed by atoms with Gasteiger partial charge in [0, 0.05) is 31.9 Å². The summed E-state index contributed by atoms with van der Waals surface area (Å²) in [7, 11) is 0. The van der Waals surface area contributed by atoms with Crippen molar-refractivity contribution in [3.8, 4) is 0 Å². The summed E-state index contributed by atoms with van der Waals surface area (Å²) in [5.74, 6) is 0.999. The molecule has 116 valence electrons. The van der Waals surface area contributed by atoms with Gasteiger partial charge in [-0.25, -0.2) is 4.98 Å². The molecular formula is C17H28N4. The van der Waals surface area contributed by atoms with E-state index in [1.54, 1.807) is 0 Å². The monoisotopic (exact) mass is 288 g/mol. The van der Waals surface area contributed by atoms with Crippen LogP contribution in [0.2, 0.25) is 0 Å². The summed E-state index contributed by atoms with van der Waals surface area (Å²) in [5, 5.41) is 3.33. The lowest BCUT2D eigenvalue weighted by Gasteiger charge is -2.25. The van der Waals surface area contributed by atoms with Crippen molar-refractivity contribution in [3.05, 3.63) is 23.9 Å². The molecule has 1 atom stereocenters. The highest BCUT2D eigenvalue weighted by molar-refractivity contribution is 5.35. The second kappa shape index (κ2) is 7.23. The van der Waals surface area contributed by atoms with Crippen LogP contribution < -0.4 is 5.32 Å². The van der Waals surface area contributed by atoms with Crippen molar-refractivity contribution in [2.75, 3.05) is 38.0 Å². The molecule has 1 N–H and O–H groups in total. The third-order valence-electron chi connectivity index (χ3n) is 4.67. The second-order valence-corrected chi connectivity index (χ2v) is 6.40. The zero-order valence-electron chi connectivity index (χ0n) is 13.2. The van der Waals surface area contributed by atoms with Crippen molar-refractivity contribution in [3.63, 3.8) is 0 Å². The van der Waals surface area contributed by atoms with Crippen LogP contribution in [0.25, 0.3) is 0 Å². The maximum atomic E-state index is 4.52. The number of aromatic nitrogens is 1. The summed E-state index contributed by atoms with van der Waals surface area (Å²) in [5.41, 5.74) is 1.34. The van der Waals surface area contributed by atoms with Crippen molar-refractivity contribution in [2.45, 2.75) is 45.2 Å². The number of hydrogen-bond donors (Lipinski definition) is 1. The number of pyridine rings is 1. The smallest absolute Gasteiger partial charge is 0.125 e. The number of nitrogens with zero attached hydrogens (tertiary/aromatic N) is 3. The minimum Gasteiger partial charge on any atom is -0.370 e. The molecule has 0 amide bonds. The lowest BCUT2D eigenvalue weighted by Crippen LogP contribution is -2.36. The molecular weight excluding hydrogens is 260 g/mol. The highest BCUT2D eigenvalue weighted by Gasteiger charge is 2.28. The van der Waals surface area contributed by atoms with Gasteiger partial charge in [0.25, 0.3) is 0 Å². The fraction of sp³-hybridized carbons (Fsp3) is 0.706. The predicted molar refractivity (Wildman–Crippen MR) is 87.5 cm³/mol. The van der Waals surface area contributed by atoms with Gasteiger partial charge in [-0.3, -0.25) is 9.80 Å². The van der Waals surface area contributed by atoms with E-state index in [1.165, 1.54) is 51.0 Å². The van der Waals surface area contributed by atoms with Gasteiger partial charge in [-0.05, 0) is 56.9 Å². The lowest BCUT2D eigenvalue weighted by molar-refractivity contribution is 0.215. The molecule has 0 aromatic carbocycles. The predicted octanol–water partition coefficient (Wildman–Crippen LogP) is 2.57. The standard InChI is InChI=1S/C17H28N4/c1-2-8-18-17-7-6-15(12-19-17)13-20-9-4-11-21-10-3-5-16(21)14-20/h6-7,12,16H,2-5,8-11,13-14H2,1H3,(H,18,19). The third-order valence-corrected chi connectivity index (χ3v) is 4.67. The normalized spacial score (nSPS) is 23.8. The highest BCUT2D eigenvalue weighted by atomic mass is 15.3. The molecule has 2 aliphatic rings. The molecule has 1 aromatic rings. The molecule has 0 radical (unpaired) electrons. The van der Waals surface area contributed by atoms with E-state index in [-0.39, 0.29) is 0 Å². The third kappa shape index (κ3) is 3.95. The van der Waals surface area contributed by atoms with Crippen molar-refractivity contribution >= 4 is 5.82 Å². The van der Waals surface area contributed by atoms with Gasteiger partial charge in [0.15, 0.2) is 0 Å². The summed E-state index contributed by atoms with van der Waals surface area (Å²) in [6.07, 6.45) is 7.25. The van der Waals surface area contributed by atoms with Crippen molar-refractivity contribution < 1.29 is 0 Å². The fourth-order valence-electron chi connectivity index (χ4n) is 3.56. The van der Waals surface area contributed by atoms with Gasteiger partial charge in [-0.1, -0.05) is 13.0 Å². The molecule has 4 heteroatoms. The Bertz CT molecular complexity index is 431. The summed E-state index contributed by atoms with van der Waals surface area (Å²) in [6, 6.07) is 5.14. The van der Waals surface area contributed by atoms with Crippen LogP contribution in [0.1, 0.15) is 38.2 Å². The molecule has 3 rings (SSSR count). The van der Waals surface area contributed by atoms with Crippen LogP contribution >= 0.6 is 0 Å².